The third kappa shape index (κ3) is 8.43. The molecule has 0 amide bonds. The van der Waals surface area contributed by atoms with Crippen LogP contribution in [-0.2, 0) is 14.3 Å². The minimum Gasteiger partial charge on any atom is -0.458 e. The van der Waals surface area contributed by atoms with E-state index in [0.29, 0.717) is 6.61 Å². The van der Waals surface area contributed by atoms with E-state index in [1.165, 1.54) is 0 Å². The highest BCUT2D eigenvalue weighted by molar-refractivity contribution is 5.71. The van der Waals surface area contributed by atoms with E-state index in [-0.39, 0.29) is 18.0 Å². The topological polar surface area (TPSA) is 35.5 Å². The van der Waals surface area contributed by atoms with E-state index >= 15 is 0 Å². The number of hydrogen-bond acceptors (Lipinski definition) is 3. The first-order valence-electron chi connectivity index (χ1n) is 5.46. The first-order valence-corrected chi connectivity index (χ1v) is 5.46. The zero-order valence-corrected chi connectivity index (χ0v) is 10.8. The van der Waals surface area contributed by atoms with E-state index < -0.39 is 5.60 Å². The standard InChI is InChI=1S/C12H24O3/c1-7-14-8-10(13)15-12(5,6)9-11(2,3)4/h7-9H2,1-6H3. The van der Waals surface area contributed by atoms with Gasteiger partial charge in [0.25, 0.3) is 0 Å². The number of esters is 1. The van der Waals surface area contributed by atoms with Gasteiger partial charge in [-0.15, -0.1) is 0 Å². The largest absolute Gasteiger partial charge is 0.458 e. The maximum absolute atomic E-state index is 11.4. The van der Waals surface area contributed by atoms with E-state index in [9.17, 15) is 4.79 Å². The summed E-state index contributed by atoms with van der Waals surface area (Å²) < 4.78 is 10.3. The van der Waals surface area contributed by atoms with Crippen LogP contribution < -0.4 is 0 Å². The molecule has 0 aliphatic carbocycles. The minimum absolute atomic E-state index is 0.0457. The summed E-state index contributed by atoms with van der Waals surface area (Å²) in [7, 11) is 0. The summed E-state index contributed by atoms with van der Waals surface area (Å²) >= 11 is 0. The second kappa shape index (κ2) is 5.50. The lowest BCUT2D eigenvalue weighted by atomic mass is 9.84. The van der Waals surface area contributed by atoms with Crippen LogP contribution in [0.25, 0.3) is 0 Å². The highest BCUT2D eigenvalue weighted by atomic mass is 16.6. The molecule has 0 spiro atoms. The Morgan fingerprint density at radius 3 is 2.07 bits per heavy atom. The van der Waals surface area contributed by atoms with E-state index in [4.69, 9.17) is 9.47 Å². The van der Waals surface area contributed by atoms with Crippen molar-refractivity contribution in [3.8, 4) is 0 Å². The van der Waals surface area contributed by atoms with Gasteiger partial charge in [0.05, 0.1) is 0 Å². The molecule has 0 aromatic carbocycles. The van der Waals surface area contributed by atoms with Crippen LogP contribution >= 0.6 is 0 Å². The molecule has 0 aliphatic heterocycles. The van der Waals surface area contributed by atoms with Gasteiger partial charge >= 0.3 is 5.97 Å². The van der Waals surface area contributed by atoms with E-state index in [1.807, 2.05) is 20.8 Å². The molecule has 0 fully saturated rings. The third-order valence-electron chi connectivity index (χ3n) is 1.77. The first-order chi connectivity index (χ1) is 6.66. The first kappa shape index (κ1) is 14.4. The summed E-state index contributed by atoms with van der Waals surface area (Å²) in [6.45, 7) is 12.7. The molecular formula is C12H24O3. The van der Waals surface area contributed by atoms with Crippen molar-refractivity contribution in [3.63, 3.8) is 0 Å². The normalized spacial score (nSPS) is 12.7. The Balaban J connectivity index is 4.07. The maximum atomic E-state index is 11.4. The van der Waals surface area contributed by atoms with E-state index in [1.54, 1.807) is 0 Å². The molecule has 0 rings (SSSR count). The highest BCUT2D eigenvalue weighted by Gasteiger charge is 2.28. The highest BCUT2D eigenvalue weighted by Crippen LogP contribution is 2.29. The Morgan fingerprint density at radius 2 is 1.67 bits per heavy atom. The van der Waals surface area contributed by atoms with E-state index in [2.05, 4.69) is 20.8 Å². The molecule has 0 saturated heterocycles. The van der Waals surface area contributed by atoms with Crippen molar-refractivity contribution in [3.05, 3.63) is 0 Å². The quantitative estimate of drug-likeness (QED) is 0.663. The molecule has 0 aromatic rings. The SMILES string of the molecule is CCOCC(=O)OC(C)(C)CC(C)(C)C. The molecule has 0 bridgehead atoms. The Bertz CT molecular complexity index is 201. The summed E-state index contributed by atoms with van der Waals surface area (Å²) in [6.07, 6.45) is 0.831. The fourth-order valence-electron chi connectivity index (χ4n) is 1.84. The predicted octanol–water partition coefficient (Wildman–Crippen LogP) is 2.78. The third-order valence-corrected chi connectivity index (χ3v) is 1.77. The van der Waals surface area contributed by atoms with Crippen LogP contribution in [0.5, 0.6) is 0 Å². The summed E-state index contributed by atoms with van der Waals surface area (Å²) in [5, 5.41) is 0. The van der Waals surface area contributed by atoms with Gasteiger partial charge in [0.15, 0.2) is 0 Å². The molecule has 15 heavy (non-hydrogen) atoms. The number of carbonyl (C=O) groups excluding carboxylic acids is 1. The van der Waals surface area contributed by atoms with Crippen LogP contribution in [0.2, 0.25) is 0 Å². The molecule has 0 aromatic heterocycles. The second-order valence-corrected chi connectivity index (χ2v) is 5.61. The lowest BCUT2D eigenvalue weighted by Crippen LogP contribution is -2.34. The van der Waals surface area contributed by atoms with Gasteiger partial charge in [-0.3, -0.25) is 0 Å². The van der Waals surface area contributed by atoms with E-state index in [0.717, 1.165) is 6.42 Å². The van der Waals surface area contributed by atoms with Crippen LogP contribution in [0, 0.1) is 5.41 Å². The van der Waals surface area contributed by atoms with Gasteiger partial charge in [-0.05, 0) is 32.6 Å². The molecule has 0 unspecified atom stereocenters. The van der Waals surface area contributed by atoms with Gasteiger partial charge < -0.3 is 9.47 Å². The van der Waals surface area contributed by atoms with Crippen LogP contribution in [0.15, 0.2) is 0 Å². The van der Waals surface area contributed by atoms with Gasteiger partial charge in [0, 0.05) is 6.61 Å². The van der Waals surface area contributed by atoms with Gasteiger partial charge in [0.1, 0.15) is 12.2 Å². The molecule has 0 heterocycles. The number of ether oxygens (including phenoxy) is 2. The van der Waals surface area contributed by atoms with Crippen molar-refractivity contribution in [2.24, 2.45) is 5.41 Å². The molecule has 0 atom stereocenters. The van der Waals surface area contributed by atoms with Gasteiger partial charge in [0.2, 0.25) is 0 Å². The smallest absolute Gasteiger partial charge is 0.332 e. The summed E-state index contributed by atoms with van der Waals surface area (Å²) in [6, 6.07) is 0. The molecular weight excluding hydrogens is 192 g/mol. The van der Waals surface area contributed by atoms with Crippen molar-refractivity contribution < 1.29 is 14.3 Å². The van der Waals surface area contributed by atoms with Crippen LogP contribution in [0.4, 0.5) is 0 Å². The van der Waals surface area contributed by atoms with Crippen molar-refractivity contribution in [2.75, 3.05) is 13.2 Å². The number of carbonyl (C=O) groups is 1. The maximum Gasteiger partial charge on any atom is 0.332 e. The summed E-state index contributed by atoms with van der Waals surface area (Å²) in [5.41, 5.74) is -0.276. The lowest BCUT2D eigenvalue weighted by Gasteiger charge is -2.32. The fourth-order valence-corrected chi connectivity index (χ4v) is 1.84. The summed E-state index contributed by atoms with van der Waals surface area (Å²) in [4.78, 5) is 11.4. The Labute approximate surface area is 93.1 Å². The zero-order chi connectivity index (χ0) is 12.1. The molecule has 3 heteroatoms. The van der Waals surface area contributed by atoms with Crippen molar-refractivity contribution in [1.82, 2.24) is 0 Å². The average molecular weight is 216 g/mol. The van der Waals surface area contributed by atoms with Crippen LogP contribution in [0.3, 0.4) is 0 Å². The number of hydrogen-bond donors (Lipinski definition) is 0. The van der Waals surface area contributed by atoms with Crippen molar-refractivity contribution >= 4 is 5.97 Å². The van der Waals surface area contributed by atoms with Gasteiger partial charge in [-0.2, -0.15) is 0 Å². The van der Waals surface area contributed by atoms with Crippen molar-refractivity contribution in [2.45, 2.75) is 53.6 Å². The van der Waals surface area contributed by atoms with Crippen LogP contribution in [-0.4, -0.2) is 24.8 Å². The van der Waals surface area contributed by atoms with Gasteiger partial charge in [-0.25, -0.2) is 4.79 Å². The molecule has 0 aliphatic rings. The molecule has 0 saturated carbocycles. The second-order valence-electron chi connectivity index (χ2n) is 5.61. The minimum atomic E-state index is -0.424. The van der Waals surface area contributed by atoms with Crippen molar-refractivity contribution in [1.29, 1.82) is 0 Å². The summed E-state index contributed by atoms with van der Waals surface area (Å²) in [5.74, 6) is -0.286. The number of rotatable bonds is 5. The monoisotopic (exact) mass is 216 g/mol. The zero-order valence-electron chi connectivity index (χ0n) is 10.8. The Kier molecular flexibility index (Phi) is 5.29. The average Bonchev–Trinajstić information content (AvgIpc) is 1.94. The molecule has 3 nitrogen and oxygen atoms in total. The van der Waals surface area contributed by atoms with Gasteiger partial charge in [-0.1, -0.05) is 20.8 Å². The Hall–Kier alpha value is -0.570. The van der Waals surface area contributed by atoms with Crippen LogP contribution in [0.1, 0.15) is 48.0 Å². The molecule has 90 valence electrons. The fraction of sp³-hybridized carbons (Fsp3) is 0.917. The Morgan fingerprint density at radius 1 is 1.13 bits per heavy atom. The molecule has 0 radical (unpaired) electrons. The predicted molar refractivity (Wildman–Crippen MR) is 60.7 cm³/mol. The lowest BCUT2D eigenvalue weighted by molar-refractivity contribution is -0.164. The molecule has 0 N–H and O–H groups in total.